The van der Waals surface area contributed by atoms with E-state index in [1.54, 1.807) is 0 Å². The Labute approximate surface area is 116 Å². The van der Waals surface area contributed by atoms with Crippen molar-refractivity contribution in [3.8, 4) is 0 Å². The van der Waals surface area contributed by atoms with Crippen molar-refractivity contribution >= 4 is 34.2 Å². The zero-order chi connectivity index (χ0) is 11.9. The Hall–Kier alpha value is -0.0300. The number of fused-ring (bicyclic) bond motifs is 1. The van der Waals surface area contributed by atoms with Crippen LogP contribution in [0.1, 0.15) is 35.2 Å². The number of Topliss-reactive ketones (excluding diaryl/α,β-unsaturated/α-hetero) is 1. The van der Waals surface area contributed by atoms with Gasteiger partial charge in [-0.3, -0.25) is 4.79 Å². The number of carbonyl (C=O) groups excluding carboxylic acids is 1. The van der Waals surface area contributed by atoms with Crippen molar-refractivity contribution in [1.29, 1.82) is 0 Å². The molecule has 1 atom stereocenters. The number of carbonyl (C=O) groups is 1. The average Bonchev–Trinajstić information content (AvgIpc) is 2.78. The second-order valence-corrected chi connectivity index (χ2v) is 13.3. The summed E-state index contributed by atoms with van der Waals surface area (Å²) in [6.07, 6.45) is 4.87. The molecule has 1 unspecified atom stereocenters. The number of ketones is 1. The van der Waals surface area contributed by atoms with Gasteiger partial charge in [0, 0.05) is 5.56 Å². The molecule has 1 saturated heterocycles. The molecule has 1 aromatic carbocycles. The summed E-state index contributed by atoms with van der Waals surface area (Å²) < 4.78 is 0. The third kappa shape index (κ3) is 2.05. The van der Waals surface area contributed by atoms with Gasteiger partial charge in [0.25, 0.3) is 0 Å². The lowest BCUT2D eigenvalue weighted by atomic mass is 9.90. The molecule has 1 aliphatic heterocycles. The van der Waals surface area contributed by atoms with Crippen molar-refractivity contribution in [1.82, 2.24) is 0 Å². The second kappa shape index (κ2) is 4.57. The Kier molecular flexibility index (Phi) is 3.24. The number of benzene rings is 1. The number of hydrogen-bond acceptors (Lipinski definition) is 1. The Bertz CT molecular complexity index is 451. The third-order valence-corrected chi connectivity index (χ3v) is 11.9. The van der Waals surface area contributed by atoms with E-state index in [0.717, 1.165) is 18.4 Å². The van der Waals surface area contributed by atoms with Gasteiger partial charge in [0.1, 0.15) is 0 Å². The van der Waals surface area contributed by atoms with Crippen LogP contribution in [0.5, 0.6) is 0 Å². The highest BCUT2D eigenvalue weighted by Crippen LogP contribution is 2.66. The molecule has 0 amide bonds. The molecule has 0 saturated carbocycles. The van der Waals surface area contributed by atoms with Crippen LogP contribution in [0, 0.1) is 0 Å². The molecule has 1 fully saturated rings. The van der Waals surface area contributed by atoms with Crippen LogP contribution in [0.25, 0.3) is 0 Å². The van der Waals surface area contributed by atoms with Crippen LogP contribution in [-0.4, -0.2) is 22.5 Å². The van der Waals surface area contributed by atoms with Gasteiger partial charge in [0.15, 0.2) is 5.78 Å². The maximum absolute atomic E-state index is 12.6. The quantitative estimate of drug-likeness (QED) is 0.689. The van der Waals surface area contributed by atoms with Crippen molar-refractivity contribution in [2.24, 2.45) is 0 Å². The molecule has 3 heteroatoms. The molecule has 0 bridgehead atoms. The second-order valence-electron chi connectivity index (χ2n) is 5.01. The standard InChI is InChI=1S/C14H17IOS/c15-17(9-3-4-10-17)13-8-7-11-5-1-2-6-12(11)14(13)16/h1-2,5-6,13H,3-4,7-10H2. The summed E-state index contributed by atoms with van der Waals surface area (Å²) >= 11 is 2.66. The third-order valence-electron chi connectivity index (χ3n) is 3.98. The minimum atomic E-state index is -0.677. The smallest absolute Gasteiger partial charge is 0.175 e. The normalized spacial score (nSPS) is 28.8. The maximum atomic E-state index is 12.6. The number of hydrogen-bond donors (Lipinski definition) is 0. The molecule has 0 N–H and O–H groups in total. The summed E-state index contributed by atoms with van der Waals surface area (Å²) in [7, 11) is -0.677. The van der Waals surface area contributed by atoms with Gasteiger partial charge in [-0.1, -0.05) is 24.3 Å². The lowest BCUT2D eigenvalue weighted by Gasteiger charge is -2.39. The summed E-state index contributed by atoms with van der Waals surface area (Å²) in [4.78, 5) is 12.6. The molecule has 1 nitrogen and oxygen atoms in total. The van der Waals surface area contributed by atoms with Crippen molar-refractivity contribution in [2.45, 2.75) is 30.9 Å². The Balaban J connectivity index is 1.94. The predicted octanol–water partition coefficient (Wildman–Crippen LogP) is 4.13. The highest BCUT2D eigenvalue weighted by molar-refractivity contribution is 14.2. The van der Waals surface area contributed by atoms with Gasteiger partial charge in [0.2, 0.25) is 0 Å². The van der Waals surface area contributed by atoms with Crippen molar-refractivity contribution in [3.05, 3.63) is 35.4 Å². The fourth-order valence-corrected chi connectivity index (χ4v) is 9.56. The van der Waals surface area contributed by atoms with E-state index >= 15 is 0 Å². The molecule has 3 rings (SSSR count). The maximum Gasteiger partial charge on any atom is 0.175 e. The molecule has 1 aromatic rings. The Morgan fingerprint density at radius 3 is 2.65 bits per heavy atom. The molecule has 17 heavy (non-hydrogen) atoms. The van der Waals surface area contributed by atoms with Crippen molar-refractivity contribution < 1.29 is 4.79 Å². The summed E-state index contributed by atoms with van der Waals surface area (Å²) in [6.45, 7) is 0. The fraction of sp³-hybridized carbons (Fsp3) is 0.500. The summed E-state index contributed by atoms with van der Waals surface area (Å²) in [5.41, 5.74) is 2.28. The average molecular weight is 360 g/mol. The van der Waals surface area contributed by atoms with Gasteiger partial charge in [-0.05, 0) is 64.0 Å². The van der Waals surface area contributed by atoms with Gasteiger partial charge in [-0.15, -0.1) is 0 Å². The van der Waals surface area contributed by atoms with E-state index in [1.165, 1.54) is 29.9 Å². The van der Waals surface area contributed by atoms with E-state index in [9.17, 15) is 4.79 Å². The van der Waals surface area contributed by atoms with Gasteiger partial charge in [0.05, 0.1) is 5.25 Å². The first-order chi connectivity index (χ1) is 8.21. The molecular formula is C14H17IOS. The highest BCUT2D eigenvalue weighted by atomic mass is 127. The number of aryl methyl sites for hydroxylation is 1. The molecule has 1 heterocycles. The molecule has 0 spiro atoms. The van der Waals surface area contributed by atoms with E-state index in [4.69, 9.17) is 0 Å². The van der Waals surface area contributed by atoms with Crippen LogP contribution in [-0.2, 0) is 6.42 Å². The zero-order valence-electron chi connectivity index (χ0n) is 9.82. The van der Waals surface area contributed by atoms with E-state index in [0.29, 0.717) is 11.0 Å². The largest absolute Gasteiger partial charge is 0.293 e. The minimum Gasteiger partial charge on any atom is -0.293 e. The summed E-state index contributed by atoms with van der Waals surface area (Å²) in [6, 6.07) is 8.20. The van der Waals surface area contributed by atoms with Crippen LogP contribution in [0.2, 0.25) is 0 Å². The number of halogens is 1. The molecule has 1 aliphatic carbocycles. The summed E-state index contributed by atoms with van der Waals surface area (Å²) in [5.74, 6) is 3.07. The van der Waals surface area contributed by atoms with Crippen molar-refractivity contribution in [2.75, 3.05) is 11.5 Å². The fourth-order valence-electron chi connectivity index (χ4n) is 3.04. The minimum absolute atomic E-state index is 0.348. The van der Waals surface area contributed by atoms with E-state index in [-0.39, 0.29) is 0 Å². The predicted molar refractivity (Wildman–Crippen MR) is 83.5 cm³/mol. The number of rotatable bonds is 1. The van der Waals surface area contributed by atoms with Crippen LogP contribution in [0.3, 0.4) is 0 Å². The zero-order valence-corrected chi connectivity index (χ0v) is 12.8. The monoisotopic (exact) mass is 360 g/mol. The lowest BCUT2D eigenvalue weighted by Crippen LogP contribution is -2.31. The van der Waals surface area contributed by atoms with E-state index < -0.39 is 7.20 Å². The molecular weight excluding hydrogens is 343 g/mol. The van der Waals surface area contributed by atoms with Gasteiger partial charge < -0.3 is 0 Å². The topological polar surface area (TPSA) is 17.1 Å². The van der Waals surface area contributed by atoms with Crippen LogP contribution in [0.4, 0.5) is 0 Å². The SMILES string of the molecule is O=C1c2ccccc2CCC1S1(I)CCCC1. The Morgan fingerprint density at radius 1 is 1.18 bits per heavy atom. The first kappa shape index (κ1) is 12.0. The van der Waals surface area contributed by atoms with Gasteiger partial charge in [-0.25, -0.2) is 0 Å². The van der Waals surface area contributed by atoms with Gasteiger partial charge in [-0.2, -0.15) is 7.20 Å². The molecule has 0 aromatic heterocycles. The van der Waals surface area contributed by atoms with Crippen LogP contribution >= 0.6 is 28.4 Å². The summed E-state index contributed by atoms with van der Waals surface area (Å²) in [5, 5.41) is 0.348. The lowest BCUT2D eigenvalue weighted by molar-refractivity contribution is 0.0978. The molecule has 2 aliphatic rings. The van der Waals surface area contributed by atoms with E-state index in [2.05, 4.69) is 33.3 Å². The van der Waals surface area contributed by atoms with E-state index in [1.807, 2.05) is 12.1 Å². The van der Waals surface area contributed by atoms with Crippen LogP contribution in [0.15, 0.2) is 24.3 Å². The first-order valence-electron chi connectivity index (χ1n) is 6.30. The van der Waals surface area contributed by atoms with Crippen molar-refractivity contribution in [3.63, 3.8) is 0 Å². The highest BCUT2D eigenvalue weighted by Gasteiger charge is 2.40. The van der Waals surface area contributed by atoms with Gasteiger partial charge >= 0.3 is 0 Å². The Morgan fingerprint density at radius 2 is 1.88 bits per heavy atom. The first-order valence-corrected chi connectivity index (χ1v) is 10.9. The molecule has 0 radical (unpaired) electrons. The van der Waals surface area contributed by atoms with Crippen LogP contribution < -0.4 is 0 Å². The molecule has 92 valence electrons.